The highest BCUT2D eigenvalue weighted by Crippen LogP contribution is 2.36. The van der Waals surface area contributed by atoms with Crippen LogP contribution in [0.3, 0.4) is 0 Å². The average molecular weight is 418 g/mol. The van der Waals surface area contributed by atoms with Gasteiger partial charge >= 0.3 is 0 Å². The molecule has 0 aliphatic carbocycles. The summed E-state index contributed by atoms with van der Waals surface area (Å²) in [5.74, 6) is 0. The zero-order valence-corrected chi connectivity index (χ0v) is 20.8. The minimum Gasteiger partial charge on any atom is -0.359 e. The van der Waals surface area contributed by atoms with Crippen molar-refractivity contribution in [2.75, 3.05) is 0 Å². The lowest BCUT2D eigenvalue weighted by atomic mass is 9.96. The van der Waals surface area contributed by atoms with Gasteiger partial charge < -0.3 is 4.98 Å². The van der Waals surface area contributed by atoms with Crippen molar-refractivity contribution in [2.45, 2.75) is 93.9 Å². The van der Waals surface area contributed by atoms with E-state index in [9.17, 15) is 0 Å². The molecule has 0 atom stereocenters. The van der Waals surface area contributed by atoms with Gasteiger partial charge in [0, 0.05) is 17.1 Å². The van der Waals surface area contributed by atoms with Crippen molar-refractivity contribution in [2.24, 2.45) is 9.98 Å². The van der Waals surface area contributed by atoms with E-state index in [2.05, 4.69) is 72.5 Å². The van der Waals surface area contributed by atoms with Gasteiger partial charge in [0.05, 0.1) is 17.1 Å². The maximum Gasteiger partial charge on any atom is 0.0694 e. The molecule has 1 aromatic heterocycles. The monoisotopic (exact) mass is 417 g/mol. The van der Waals surface area contributed by atoms with E-state index in [4.69, 9.17) is 9.98 Å². The van der Waals surface area contributed by atoms with Crippen LogP contribution in [0.25, 0.3) is 6.08 Å². The number of aliphatic imine (C=N–C) groups is 2. The van der Waals surface area contributed by atoms with Crippen LogP contribution in [0.5, 0.6) is 0 Å². The maximum atomic E-state index is 5.15. The molecule has 166 valence electrons. The van der Waals surface area contributed by atoms with Crippen LogP contribution in [0.4, 0.5) is 0 Å². The Bertz CT molecular complexity index is 1050. The fraction of sp³-hybridized carbons (Fsp3) is 0.500. The standard InChI is InChI=1S/C28H39N3/c1-9-19-17(7)29-25(21(19)11-3)15-27-23(13-5)24(14-6)28(31-27)16-26-22(12-4)20(10-2)18(8)30-26/h15-16,29H,9-14H2,1-8H3/b26-16-,27-15-. The molecule has 1 aromatic rings. The average Bonchev–Trinajstić information content (AvgIpc) is 3.36. The summed E-state index contributed by atoms with van der Waals surface area (Å²) in [5, 5.41) is 0. The third-order valence-corrected chi connectivity index (χ3v) is 6.76. The molecule has 2 aliphatic heterocycles. The second-order valence-electron chi connectivity index (χ2n) is 8.41. The first-order valence-electron chi connectivity index (χ1n) is 12.2. The summed E-state index contributed by atoms with van der Waals surface area (Å²) in [7, 11) is 0. The van der Waals surface area contributed by atoms with Crippen molar-refractivity contribution in [3.05, 3.63) is 62.3 Å². The Labute approximate surface area is 188 Å². The number of allylic oxidation sites excluding steroid dienone is 5. The van der Waals surface area contributed by atoms with E-state index < -0.39 is 0 Å². The third-order valence-electron chi connectivity index (χ3n) is 6.76. The molecular formula is C28H39N3. The zero-order valence-electron chi connectivity index (χ0n) is 20.8. The molecule has 3 heterocycles. The van der Waals surface area contributed by atoms with E-state index in [1.165, 1.54) is 50.5 Å². The highest BCUT2D eigenvalue weighted by atomic mass is 14.8. The molecule has 0 amide bonds. The van der Waals surface area contributed by atoms with Gasteiger partial charge in [-0.05, 0) is 97.9 Å². The summed E-state index contributed by atoms with van der Waals surface area (Å²) in [4.78, 5) is 13.7. The molecule has 0 radical (unpaired) electrons. The van der Waals surface area contributed by atoms with Gasteiger partial charge in [0.1, 0.15) is 0 Å². The Kier molecular flexibility index (Phi) is 7.35. The molecule has 3 rings (SSSR count). The summed E-state index contributed by atoms with van der Waals surface area (Å²) in [6.07, 6.45) is 10.6. The summed E-state index contributed by atoms with van der Waals surface area (Å²) in [5.41, 5.74) is 15.4. The van der Waals surface area contributed by atoms with Gasteiger partial charge in [0.25, 0.3) is 0 Å². The lowest BCUT2D eigenvalue weighted by Crippen LogP contribution is -1.98. The zero-order chi connectivity index (χ0) is 22.7. The van der Waals surface area contributed by atoms with Gasteiger partial charge in [-0.3, -0.25) is 4.99 Å². The van der Waals surface area contributed by atoms with E-state index in [1.54, 1.807) is 0 Å². The fourth-order valence-electron chi connectivity index (χ4n) is 5.29. The molecule has 0 spiro atoms. The maximum absolute atomic E-state index is 5.15. The molecule has 2 aliphatic rings. The first kappa shape index (κ1) is 23.2. The number of H-pyrrole nitrogens is 1. The molecule has 0 fully saturated rings. The Hall–Kier alpha value is -2.42. The van der Waals surface area contributed by atoms with Crippen molar-refractivity contribution in [1.82, 2.24) is 4.98 Å². The molecule has 3 nitrogen and oxygen atoms in total. The highest BCUT2D eigenvalue weighted by Gasteiger charge is 2.24. The number of nitrogens with one attached hydrogen (secondary N) is 1. The number of nitrogens with zero attached hydrogens (tertiary/aromatic N) is 2. The number of aryl methyl sites for hydroxylation is 1. The summed E-state index contributed by atoms with van der Waals surface area (Å²) in [6, 6.07) is 0. The van der Waals surface area contributed by atoms with Gasteiger partial charge in [0.2, 0.25) is 0 Å². The Morgan fingerprint density at radius 2 is 1.16 bits per heavy atom. The van der Waals surface area contributed by atoms with E-state index in [0.29, 0.717) is 0 Å². The lowest BCUT2D eigenvalue weighted by molar-refractivity contribution is 1.04. The van der Waals surface area contributed by atoms with Gasteiger partial charge in [-0.1, -0.05) is 41.5 Å². The van der Waals surface area contributed by atoms with Crippen LogP contribution in [0.15, 0.2) is 49.7 Å². The van der Waals surface area contributed by atoms with Crippen molar-refractivity contribution >= 4 is 17.5 Å². The van der Waals surface area contributed by atoms with Crippen LogP contribution in [-0.2, 0) is 12.8 Å². The number of hydrogen-bond acceptors (Lipinski definition) is 2. The van der Waals surface area contributed by atoms with E-state index in [-0.39, 0.29) is 0 Å². The fourth-order valence-corrected chi connectivity index (χ4v) is 5.29. The number of rotatable bonds is 8. The number of aromatic nitrogens is 1. The minimum atomic E-state index is 0.988. The summed E-state index contributed by atoms with van der Waals surface area (Å²) >= 11 is 0. The summed E-state index contributed by atoms with van der Waals surface area (Å²) in [6.45, 7) is 17.7. The SMILES string of the molecule is CCC1=C(CC)/C(=C/C2=NC(=C\c3[nH]c(C)c(CC)c3CC)/C(CC)=C2CC)N=C1C. The van der Waals surface area contributed by atoms with E-state index >= 15 is 0 Å². The molecule has 0 unspecified atom stereocenters. The molecule has 1 N–H and O–H groups in total. The normalized spacial score (nSPS) is 19.4. The summed E-state index contributed by atoms with van der Waals surface area (Å²) < 4.78 is 0. The first-order valence-corrected chi connectivity index (χ1v) is 12.2. The molecule has 31 heavy (non-hydrogen) atoms. The van der Waals surface area contributed by atoms with Crippen molar-refractivity contribution in [3.8, 4) is 0 Å². The predicted molar refractivity (Wildman–Crippen MR) is 136 cm³/mol. The second-order valence-corrected chi connectivity index (χ2v) is 8.41. The van der Waals surface area contributed by atoms with E-state index in [1.807, 2.05) is 0 Å². The largest absolute Gasteiger partial charge is 0.359 e. The van der Waals surface area contributed by atoms with Crippen molar-refractivity contribution in [3.63, 3.8) is 0 Å². The topological polar surface area (TPSA) is 40.5 Å². The molecule has 0 bridgehead atoms. The highest BCUT2D eigenvalue weighted by molar-refractivity contribution is 6.14. The molecule has 0 aromatic carbocycles. The van der Waals surface area contributed by atoms with Crippen LogP contribution in [0.2, 0.25) is 0 Å². The van der Waals surface area contributed by atoms with Crippen LogP contribution < -0.4 is 0 Å². The Morgan fingerprint density at radius 3 is 1.71 bits per heavy atom. The van der Waals surface area contributed by atoms with Gasteiger partial charge in [-0.25, -0.2) is 4.99 Å². The van der Waals surface area contributed by atoms with Crippen LogP contribution in [-0.4, -0.2) is 16.4 Å². The van der Waals surface area contributed by atoms with Gasteiger partial charge in [-0.15, -0.1) is 0 Å². The Balaban J connectivity index is 2.13. The number of aromatic amines is 1. The van der Waals surface area contributed by atoms with Gasteiger partial charge in [-0.2, -0.15) is 0 Å². The second kappa shape index (κ2) is 9.80. The Morgan fingerprint density at radius 1 is 0.613 bits per heavy atom. The van der Waals surface area contributed by atoms with Crippen molar-refractivity contribution in [1.29, 1.82) is 0 Å². The van der Waals surface area contributed by atoms with Crippen LogP contribution in [0, 0.1) is 6.92 Å². The van der Waals surface area contributed by atoms with Gasteiger partial charge in [0.15, 0.2) is 0 Å². The third kappa shape index (κ3) is 4.20. The molecule has 0 saturated carbocycles. The first-order chi connectivity index (χ1) is 14.9. The minimum absolute atomic E-state index is 0.988. The smallest absolute Gasteiger partial charge is 0.0694 e. The van der Waals surface area contributed by atoms with Crippen molar-refractivity contribution < 1.29 is 0 Å². The molecular weight excluding hydrogens is 378 g/mol. The van der Waals surface area contributed by atoms with Crippen LogP contribution in [0.1, 0.15) is 96.7 Å². The predicted octanol–water partition coefficient (Wildman–Crippen LogP) is 7.84. The molecule has 3 heteroatoms. The molecule has 0 saturated heterocycles. The quantitative estimate of drug-likeness (QED) is 0.447. The van der Waals surface area contributed by atoms with Crippen LogP contribution >= 0.6 is 0 Å². The number of hydrogen-bond donors (Lipinski definition) is 1. The lowest BCUT2D eigenvalue weighted by Gasteiger charge is -2.06. The van der Waals surface area contributed by atoms with E-state index in [0.717, 1.165) is 55.6 Å².